The van der Waals surface area contributed by atoms with Crippen LogP contribution in [-0.2, 0) is 19.2 Å². The van der Waals surface area contributed by atoms with E-state index in [1.807, 2.05) is 32.9 Å². The molecule has 2 heterocycles. The molecule has 2 aromatic carbocycles. The van der Waals surface area contributed by atoms with E-state index < -0.39 is 35.0 Å². The number of hydrogen-bond acceptors (Lipinski definition) is 6. The lowest BCUT2D eigenvalue weighted by molar-refractivity contribution is -0.140. The minimum atomic E-state index is -1.21. The van der Waals surface area contributed by atoms with Gasteiger partial charge in [-0.1, -0.05) is 48.9 Å². The Labute approximate surface area is 233 Å². The van der Waals surface area contributed by atoms with E-state index in [4.69, 9.17) is 4.74 Å². The topological polar surface area (TPSA) is 104 Å². The van der Waals surface area contributed by atoms with Crippen molar-refractivity contribution < 1.29 is 29.0 Å². The van der Waals surface area contributed by atoms with Crippen LogP contribution < -0.4 is 9.64 Å². The van der Waals surface area contributed by atoms with Crippen LogP contribution in [-0.4, -0.2) is 46.8 Å². The van der Waals surface area contributed by atoms with Gasteiger partial charge in [-0.25, -0.2) is 4.90 Å². The molecule has 2 saturated heterocycles. The van der Waals surface area contributed by atoms with E-state index in [0.717, 1.165) is 5.57 Å². The highest BCUT2D eigenvalue weighted by atomic mass is 16.5. The smallest absolute Gasteiger partial charge is 0.241 e. The van der Waals surface area contributed by atoms with E-state index in [1.54, 1.807) is 42.5 Å². The number of fused-ring (bicyclic) bond motifs is 4. The fourth-order valence-corrected chi connectivity index (χ4v) is 7.74. The second-order valence-electron chi connectivity index (χ2n) is 11.5. The monoisotopic (exact) mass is 542 g/mol. The van der Waals surface area contributed by atoms with Crippen molar-refractivity contribution in [2.75, 3.05) is 18.1 Å². The summed E-state index contributed by atoms with van der Waals surface area (Å²) in [4.78, 5) is 58.1. The number of rotatable bonds is 6. The Balaban J connectivity index is 1.54. The molecule has 6 atom stereocenters. The molecule has 3 fully saturated rings. The molecule has 2 aliphatic carbocycles. The van der Waals surface area contributed by atoms with Crippen LogP contribution >= 0.6 is 0 Å². The summed E-state index contributed by atoms with van der Waals surface area (Å²) in [7, 11) is 0. The first kappa shape index (κ1) is 26.3. The molecule has 0 aromatic heterocycles. The molecule has 8 nitrogen and oxygen atoms in total. The van der Waals surface area contributed by atoms with Gasteiger partial charge in [0.2, 0.25) is 23.6 Å². The molecule has 4 amide bonds. The predicted octanol–water partition coefficient (Wildman–Crippen LogP) is 4.43. The number of imide groups is 2. The number of anilines is 1. The minimum Gasteiger partial charge on any atom is -0.504 e. The first-order valence-electron chi connectivity index (χ1n) is 14.2. The highest BCUT2D eigenvalue weighted by Gasteiger charge is 2.67. The van der Waals surface area contributed by atoms with Crippen molar-refractivity contribution in [1.29, 1.82) is 0 Å². The predicted molar refractivity (Wildman–Crippen MR) is 147 cm³/mol. The third-order valence-corrected chi connectivity index (χ3v) is 9.47. The highest BCUT2D eigenvalue weighted by molar-refractivity contribution is 6.24. The summed E-state index contributed by atoms with van der Waals surface area (Å²) in [5, 5.41) is 11.4. The quantitative estimate of drug-likeness (QED) is 0.428. The molecule has 40 heavy (non-hydrogen) atoms. The highest BCUT2D eigenvalue weighted by Crippen LogP contribution is 2.64. The number of phenolic OH excluding ortho intramolecular Hbond substituents is 1. The summed E-state index contributed by atoms with van der Waals surface area (Å²) in [6, 6.07) is 14.1. The van der Waals surface area contributed by atoms with Gasteiger partial charge in [-0.15, -0.1) is 0 Å². The van der Waals surface area contributed by atoms with Crippen molar-refractivity contribution in [3.63, 3.8) is 0 Å². The number of phenols is 1. The molecule has 0 radical (unpaired) electrons. The molecule has 2 aliphatic heterocycles. The van der Waals surface area contributed by atoms with Crippen LogP contribution in [0.25, 0.3) is 0 Å². The van der Waals surface area contributed by atoms with Gasteiger partial charge < -0.3 is 9.84 Å². The maximum Gasteiger partial charge on any atom is 0.241 e. The number of nitrogens with zero attached hydrogens (tertiary/aromatic N) is 2. The molecular formula is C32H34N2O6. The molecule has 6 rings (SSSR count). The Hall–Kier alpha value is -3.94. The van der Waals surface area contributed by atoms with Crippen LogP contribution in [0.1, 0.15) is 51.5 Å². The maximum atomic E-state index is 14.4. The second-order valence-corrected chi connectivity index (χ2v) is 11.5. The number of benzene rings is 2. The van der Waals surface area contributed by atoms with Gasteiger partial charge in [0.05, 0.1) is 35.5 Å². The van der Waals surface area contributed by atoms with Gasteiger partial charge in [0.25, 0.3) is 0 Å². The van der Waals surface area contributed by atoms with E-state index in [1.165, 1.54) is 9.80 Å². The van der Waals surface area contributed by atoms with Crippen LogP contribution in [0.2, 0.25) is 0 Å². The first-order chi connectivity index (χ1) is 19.2. The largest absolute Gasteiger partial charge is 0.504 e. The molecule has 0 spiro atoms. The van der Waals surface area contributed by atoms with Crippen molar-refractivity contribution in [2.45, 2.75) is 46.0 Å². The molecular weight excluding hydrogens is 508 g/mol. The summed E-state index contributed by atoms with van der Waals surface area (Å²) >= 11 is 0. The lowest BCUT2D eigenvalue weighted by atomic mass is 9.51. The lowest BCUT2D eigenvalue weighted by Crippen LogP contribution is -2.48. The van der Waals surface area contributed by atoms with E-state index in [-0.39, 0.29) is 29.4 Å². The number of aromatic hydroxyl groups is 1. The molecule has 8 heteroatoms. The summed E-state index contributed by atoms with van der Waals surface area (Å²) in [6.45, 7) is 6.29. The number of carbonyl (C=O) groups is 4. The van der Waals surface area contributed by atoms with Crippen LogP contribution in [0, 0.1) is 29.1 Å². The molecule has 208 valence electrons. The Bertz CT molecular complexity index is 1430. The third-order valence-electron chi connectivity index (χ3n) is 9.47. The van der Waals surface area contributed by atoms with Crippen molar-refractivity contribution in [1.82, 2.24) is 4.90 Å². The number of ether oxygens (including phenoxy) is 1. The fourth-order valence-electron chi connectivity index (χ4n) is 7.74. The summed E-state index contributed by atoms with van der Waals surface area (Å²) in [6.07, 6.45) is 3.34. The molecule has 2 aromatic rings. The van der Waals surface area contributed by atoms with Crippen molar-refractivity contribution in [2.24, 2.45) is 29.1 Å². The number of amides is 4. The van der Waals surface area contributed by atoms with Crippen molar-refractivity contribution in [3.8, 4) is 11.5 Å². The van der Waals surface area contributed by atoms with Crippen LogP contribution in [0.15, 0.2) is 60.2 Å². The van der Waals surface area contributed by atoms with Gasteiger partial charge in [0, 0.05) is 18.0 Å². The molecule has 6 unspecified atom stereocenters. The van der Waals surface area contributed by atoms with Crippen LogP contribution in [0.5, 0.6) is 11.5 Å². The molecule has 1 N–H and O–H groups in total. The number of para-hydroxylation sites is 2. The normalized spacial score (nSPS) is 31.2. The molecule has 4 aliphatic rings. The van der Waals surface area contributed by atoms with Gasteiger partial charge in [-0.2, -0.15) is 0 Å². The number of carbonyl (C=O) groups excluding carboxylic acids is 4. The Morgan fingerprint density at radius 3 is 2.40 bits per heavy atom. The average molecular weight is 543 g/mol. The zero-order valence-electron chi connectivity index (χ0n) is 23.0. The first-order valence-corrected chi connectivity index (χ1v) is 14.2. The third kappa shape index (κ3) is 3.50. The number of allylic oxidation sites excluding steroid dienone is 2. The summed E-state index contributed by atoms with van der Waals surface area (Å²) in [5.74, 6) is -3.63. The SMILES string of the molecule is CCCN1C(=O)C2CC=C3C(CC4C(=O)N(c5ccccc5)C(=O)C4(C)C3c3cccc(OCC)c3O)C2C1=O. The van der Waals surface area contributed by atoms with Crippen LogP contribution in [0.4, 0.5) is 5.69 Å². The van der Waals surface area contributed by atoms with Gasteiger partial charge in [0.1, 0.15) is 0 Å². The van der Waals surface area contributed by atoms with E-state index >= 15 is 0 Å². The molecule has 1 saturated carbocycles. The minimum absolute atomic E-state index is 0.0714. The van der Waals surface area contributed by atoms with Gasteiger partial charge >= 0.3 is 0 Å². The number of hydrogen-bond donors (Lipinski definition) is 1. The van der Waals surface area contributed by atoms with Crippen molar-refractivity contribution in [3.05, 3.63) is 65.7 Å². The van der Waals surface area contributed by atoms with Gasteiger partial charge in [-0.3, -0.25) is 24.1 Å². The van der Waals surface area contributed by atoms with Crippen LogP contribution in [0.3, 0.4) is 0 Å². The van der Waals surface area contributed by atoms with E-state index in [9.17, 15) is 24.3 Å². The summed E-state index contributed by atoms with van der Waals surface area (Å²) in [5.41, 5.74) is 0.625. The second kappa shape index (κ2) is 9.61. The zero-order valence-corrected chi connectivity index (χ0v) is 23.0. The fraction of sp³-hybridized carbons (Fsp3) is 0.438. The maximum absolute atomic E-state index is 14.4. The lowest BCUT2D eigenvalue weighted by Gasteiger charge is -2.49. The zero-order chi connectivity index (χ0) is 28.3. The average Bonchev–Trinajstić information content (AvgIpc) is 3.31. The van der Waals surface area contributed by atoms with E-state index in [0.29, 0.717) is 49.4 Å². The van der Waals surface area contributed by atoms with E-state index in [2.05, 4.69) is 0 Å². The number of likely N-dealkylation sites (tertiary alicyclic amines) is 1. The Kier molecular flexibility index (Phi) is 6.32. The van der Waals surface area contributed by atoms with Gasteiger partial charge in [0.15, 0.2) is 11.5 Å². The summed E-state index contributed by atoms with van der Waals surface area (Å²) < 4.78 is 5.69. The van der Waals surface area contributed by atoms with Crippen molar-refractivity contribution >= 4 is 29.3 Å². The standard InChI is InChI=1S/C32H34N2O6/c1-4-16-33-28(36)20-15-14-19-22(25(20)30(33)38)17-23-29(37)34(18-10-7-6-8-11-18)31(39)32(23,3)26(19)21-12-9-13-24(27(21)35)40-5-2/h6-14,20,22-23,25-26,35H,4-5,15-17H2,1-3H3. The Morgan fingerprint density at radius 1 is 0.950 bits per heavy atom. The molecule has 0 bridgehead atoms. The Morgan fingerprint density at radius 2 is 1.70 bits per heavy atom. The van der Waals surface area contributed by atoms with Gasteiger partial charge in [-0.05, 0) is 57.2 Å².